The first-order chi connectivity index (χ1) is 9.54. The zero-order valence-corrected chi connectivity index (χ0v) is 11.5. The SMILES string of the molecule is CN1CC[C@H](CNC(=O)Cc2ccc([N+](=O)[O-])cc2)C1. The number of benzene rings is 1. The van der Waals surface area contributed by atoms with E-state index in [0.717, 1.165) is 25.1 Å². The van der Waals surface area contributed by atoms with Crippen molar-refractivity contribution in [2.45, 2.75) is 12.8 Å². The maximum atomic E-state index is 11.8. The number of nitro groups is 1. The molecule has 6 heteroatoms. The van der Waals surface area contributed by atoms with Gasteiger partial charge in [-0.1, -0.05) is 12.1 Å². The Hall–Kier alpha value is -1.95. The molecule has 6 nitrogen and oxygen atoms in total. The summed E-state index contributed by atoms with van der Waals surface area (Å²) in [7, 11) is 2.08. The van der Waals surface area contributed by atoms with Crippen molar-refractivity contribution < 1.29 is 9.72 Å². The average Bonchev–Trinajstić information content (AvgIpc) is 2.83. The second-order valence-electron chi connectivity index (χ2n) is 5.32. The third-order valence-corrected chi connectivity index (χ3v) is 3.59. The van der Waals surface area contributed by atoms with Crippen LogP contribution in [0, 0.1) is 16.0 Å². The van der Waals surface area contributed by atoms with Crippen molar-refractivity contribution in [2.75, 3.05) is 26.7 Å². The van der Waals surface area contributed by atoms with Crippen molar-refractivity contribution in [1.29, 1.82) is 0 Å². The lowest BCUT2D eigenvalue weighted by Gasteiger charge is -2.11. The molecule has 20 heavy (non-hydrogen) atoms. The second kappa shape index (κ2) is 6.47. The van der Waals surface area contributed by atoms with Gasteiger partial charge >= 0.3 is 0 Å². The maximum absolute atomic E-state index is 11.8. The number of hydrogen-bond donors (Lipinski definition) is 1. The van der Waals surface area contributed by atoms with E-state index in [9.17, 15) is 14.9 Å². The van der Waals surface area contributed by atoms with Gasteiger partial charge in [0.25, 0.3) is 5.69 Å². The van der Waals surface area contributed by atoms with Gasteiger partial charge in [0.1, 0.15) is 0 Å². The monoisotopic (exact) mass is 277 g/mol. The molecule has 0 spiro atoms. The predicted molar refractivity (Wildman–Crippen MR) is 75.4 cm³/mol. The minimum atomic E-state index is -0.444. The van der Waals surface area contributed by atoms with E-state index < -0.39 is 4.92 Å². The Bertz CT molecular complexity index is 487. The van der Waals surface area contributed by atoms with Crippen LogP contribution in [0.5, 0.6) is 0 Å². The summed E-state index contributed by atoms with van der Waals surface area (Å²) >= 11 is 0. The molecule has 1 fully saturated rings. The summed E-state index contributed by atoms with van der Waals surface area (Å²) in [4.78, 5) is 24.2. The summed E-state index contributed by atoms with van der Waals surface area (Å²) in [6, 6.07) is 6.10. The fourth-order valence-corrected chi connectivity index (χ4v) is 2.43. The second-order valence-corrected chi connectivity index (χ2v) is 5.32. The van der Waals surface area contributed by atoms with E-state index >= 15 is 0 Å². The third-order valence-electron chi connectivity index (χ3n) is 3.59. The lowest BCUT2D eigenvalue weighted by Crippen LogP contribution is -2.31. The van der Waals surface area contributed by atoms with E-state index in [1.807, 2.05) is 0 Å². The highest BCUT2D eigenvalue weighted by atomic mass is 16.6. The minimum Gasteiger partial charge on any atom is -0.355 e. The zero-order chi connectivity index (χ0) is 14.5. The molecular formula is C14H19N3O3. The van der Waals surface area contributed by atoms with Crippen LogP contribution in [0.3, 0.4) is 0 Å². The van der Waals surface area contributed by atoms with Crippen LogP contribution in [-0.2, 0) is 11.2 Å². The topological polar surface area (TPSA) is 75.5 Å². The number of likely N-dealkylation sites (tertiary alicyclic amines) is 1. The van der Waals surface area contributed by atoms with Crippen molar-refractivity contribution in [3.8, 4) is 0 Å². The first-order valence-electron chi connectivity index (χ1n) is 6.73. The molecule has 1 aliphatic rings. The van der Waals surface area contributed by atoms with Gasteiger partial charge in [0.2, 0.25) is 5.91 Å². The molecule has 0 unspecified atom stereocenters. The van der Waals surface area contributed by atoms with Crippen LogP contribution in [0.25, 0.3) is 0 Å². The molecule has 1 amide bonds. The molecule has 108 valence electrons. The van der Waals surface area contributed by atoms with E-state index in [1.54, 1.807) is 12.1 Å². The Morgan fingerprint density at radius 3 is 2.70 bits per heavy atom. The van der Waals surface area contributed by atoms with Crippen LogP contribution in [0.2, 0.25) is 0 Å². The molecule has 1 N–H and O–H groups in total. The molecule has 1 aliphatic heterocycles. The van der Waals surface area contributed by atoms with Gasteiger partial charge in [-0.15, -0.1) is 0 Å². The summed E-state index contributed by atoms with van der Waals surface area (Å²) in [5.41, 5.74) is 0.833. The third kappa shape index (κ3) is 4.03. The van der Waals surface area contributed by atoms with Gasteiger partial charge < -0.3 is 10.2 Å². The van der Waals surface area contributed by atoms with Gasteiger partial charge in [0, 0.05) is 25.2 Å². The lowest BCUT2D eigenvalue weighted by molar-refractivity contribution is -0.384. The van der Waals surface area contributed by atoms with Crippen LogP contribution >= 0.6 is 0 Å². The molecule has 1 heterocycles. The van der Waals surface area contributed by atoms with Gasteiger partial charge in [0.15, 0.2) is 0 Å². The Morgan fingerprint density at radius 1 is 1.45 bits per heavy atom. The van der Waals surface area contributed by atoms with E-state index in [1.165, 1.54) is 12.1 Å². The van der Waals surface area contributed by atoms with Crippen LogP contribution < -0.4 is 5.32 Å². The van der Waals surface area contributed by atoms with Gasteiger partial charge in [-0.25, -0.2) is 0 Å². The van der Waals surface area contributed by atoms with Crippen molar-refractivity contribution in [3.63, 3.8) is 0 Å². The summed E-state index contributed by atoms with van der Waals surface area (Å²) in [5.74, 6) is 0.495. The molecule has 0 saturated carbocycles. The summed E-state index contributed by atoms with van der Waals surface area (Å²) < 4.78 is 0. The van der Waals surface area contributed by atoms with Gasteiger partial charge in [0.05, 0.1) is 11.3 Å². The van der Waals surface area contributed by atoms with Crippen molar-refractivity contribution >= 4 is 11.6 Å². The number of nitrogens with zero attached hydrogens (tertiary/aromatic N) is 2. The molecule has 1 aromatic rings. The largest absolute Gasteiger partial charge is 0.355 e. The van der Waals surface area contributed by atoms with Crippen LogP contribution in [-0.4, -0.2) is 42.4 Å². The molecule has 1 aromatic carbocycles. The number of hydrogen-bond acceptors (Lipinski definition) is 4. The number of carbonyl (C=O) groups excluding carboxylic acids is 1. The van der Waals surface area contributed by atoms with Crippen LogP contribution in [0.15, 0.2) is 24.3 Å². The highest BCUT2D eigenvalue weighted by molar-refractivity contribution is 5.78. The molecule has 1 atom stereocenters. The van der Waals surface area contributed by atoms with Gasteiger partial charge in [-0.05, 0) is 31.5 Å². The Labute approximate surface area is 117 Å². The fraction of sp³-hybridized carbons (Fsp3) is 0.500. The number of amides is 1. The first-order valence-corrected chi connectivity index (χ1v) is 6.73. The molecule has 0 bridgehead atoms. The number of nitro benzene ring substituents is 1. The van der Waals surface area contributed by atoms with E-state index in [4.69, 9.17) is 0 Å². The van der Waals surface area contributed by atoms with E-state index in [2.05, 4.69) is 17.3 Å². The highest BCUT2D eigenvalue weighted by Crippen LogP contribution is 2.14. The smallest absolute Gasteiger partial charge is 0.269 e. The van der Waals surface area contributed by atoms with Gasteiger partial charge in [-0.2, -0.15) is 0 Å². The minimum absolute atomic E-state index is 0.0339. The highest BCUT2D eigenvalue weighted by Gasteiger charge is 2.19. The molecular weight excluding hydrogens is 258 g/mol. The van der Waals surface area contributed by atoms with E-state index in [-0.39, 0.29) is 18.0 Å². The Morgan fingerprint density at radius 2 is 2.15 bits per heavy atom. The summed E-state index contributed by atoms with van der Waals surface area (Å²) in [5, 5.41) is 13.5. The molecule has 1 saturated heterocycles. The number of carbonyl (C=O) groups is 1. The molecule has 0 aromatic heterocycles. The summed E-state index contributed by atoms with van der Waals surface area (Å²) in [6.07, 6.45) is 1.38. The van der Waals surface area contributed by atoms with Crippen molar-refractivity contribution in [2.24, 2.45) is 5.92 Å². The average molecular weight is 277 g/mol. The maximum Gasteiger partial charge on any atom is 0.269 e. The Balaban J connectivity index is 1.77. The molecule has 0 radical (unpaired) electrons. The normalized spacial score (nSPS) is 18.9. The van der Waals surface area contributed by atoms with Crippen molar-refractivity contribution in [1.82, 2.24) is 10.2 Å². The standard InChI is InChI=1S/C14H19N3O3/c1-16-7-6-12(10-16)9-15-14(18)8-11-2-4-13(5-3-11)17(19)20/h2-5,12H,6-10H2,1H3,(H,15,18)/t12-/m1/s1. The van der Waals surface area contributed by atoms with Crippen LogP contribution in [0.4, 0.5) is 5.69 Å². The molecule has 0 aliphatic carbocycles. The molecule has 2 rings (SSSR count). The number of non-ortho nitro benzene ring substituents is 1. The number of nitrogens with one attached hydrogen (secondary N) is 1. The predicted octanol–water partition coefficient (Wildman–Crippen LogP) is 1.21. The first kappa shape index (κ1) is 14.5. The Kier molecular flexibility index (Phi) is 4.68. The zero-order valence-electron chi connectivity index (χ0n) is 11.5. The van der Waals surface area contributed by atoms with Gasteiger partial charge in [-0.3, -0.25) is 14.9 Å². The number of rotatable bonds is 5. The van der Waals surface area contributed by atoms with Crippen molar-refractivity contribution in [3.05, 3.63) is 39.9 Å². The van der Waals surface area contributed by atoms with E-state index in [0.29, 0.717) is 12.5 Å². The fourth-order valence-electron chi connectivity index (χ4n) is 2.43. The quantitative estimate of drug-likeness (QED) is 0.648. The summed E-state index contributed by atoms with van der Waals surface area (Å²) in [6.45, 7) is 2.82. The van der Waals surface area contributed by atoms with Crippen LogP contribution in [0.1, 0.15) is 12.0 Å². The lowest BCUT2D eigenvalue weighted by atomic mass is 10.1.